The third-order valence-corrected chi connectivity index (χ3v) is 4.52. The maximum Gasteiger partial charge on any atom is 0.344 e. The van der Waals surface area contributed by atoms with E-state index in [4.69, 9.17) is 9.47 Å². The van der Waals surface area contributed by atoms with Crippen LogP contribution in [0.25, 0.3) is 6.08 Å². The number of rotatable bonds is 6. The van der Waals surface area contributed by atoms with Crippen LogP contribution in [0.3, 0.4) is 0 Å². The molecule has 6 nitrogen and oxygen atoms in total. The Morgan fingerprint density at radius 1 is 1.07 bits per heavy atom. The van der Waals surface area contributed by atoms with Gasteiger partial charge in [-0.05, 0) is 54.6 Å². The van der Waals surface area contributed by atoms with Gasteiger partial charge in [-0.2, -0.15) is 0 Å². The fourth-order valence-electron chi connectivity index (χ4n) is 2.42. The zero-order chi connectivity index (χ0) is 19.2. The van der Waals surface area contributed by atoms with E-state index in [0.717, 1.165) is 22.2 Å². The van der Waals surface area contributed by atoms with Crippen LogP contribution in [-0.4, -0.2) is 30.3 Å². The van der Waals surface area contributed by atoms with Gasteiger partial charge < -0.3 is 9.47 Å². The quantitative estimate of drug-likeness (QED) is 0.557. The van der Waals surface area contributed by atoms with Gasteiger partial charge in [0.1, 0.15) is 5.75 Å². The molecular formula is C20H17NO5S. The molecule has 0 spiro atoms. The van der Waals surface area contributed by atoms with Gasteiger partial charge in [0.05, 0.1) is 17.2 Å². The van der Waals surface area contributed by atoms with Gasteiger partial charge in [0.15, 0.2) is 6.61 Å². The minimum absolute atomic E-state index is 0.164. The molecular weight excluding hydrogens is 366 g/mol. The summed E-state index contributed by atoms with van der Waals surface area (Å²) in [5, 5.41) is -0.327. The molecule has 138 valence electrons. The second-order valence-electron chi connectivity index (χ2n) is 5.52. The molecule has 0 unspecified atom stereocenters. The molecule has 2 amide bonds. The highest BCUT2D eigenvalue weighted by atomic mass is 32.2. The van der Waals surface area contributed by atoms with Gasteiger partial charge in [-0.25, -0.2) is 9.69 Å². The number of carbonyl (C=O) groups excluding carboxylic acids is 3. The number of para-hydroxylation sites is 1. The number of ether oxygens (including phenoxy) is 2. The summed E-state index contributed by atoms with van der Waals surface area (Å²) in [7, 11) is 0. The highest BCUT2D eigenvalue weighted by Crippen LogP contribution is 2.35. The van der Waals surface area contributed by atoms with Gasteiger partial charge in [-0.15, -0.1) is 0 Å². The van der Waals surface area contributed by atoms with Gasteiger partial charge in [-0.1, -0.05) is 30.3 Å². The molecule has 0 aromatic heterocycles. The third kappa shape index (κ3) is 4.57. The molecule has 0 N–H and O–H groups in total. The lowest BCUT2D eigenvalue weighted by atomic mass is 10.2. The number of anilines is 1. The minimum atomic E-state index is -0.434. The van der Waals surface area contributed by atoms with E-state index in [9.17, 15) is 14.4 Å². The summed E-state index contributed by atoms with van der Waals surface area (Å²) < 4.78 is 10.1. The fraction of sp³-hybridized carbons (Fsp3) is 0.150. The maximum atomic E-state index is 12.6. The van der Waals surface area contributed by atoms with E-state index in [1.807, 2.05) is 6.07 Å². The Bertz CT molecular complexity index is 877. The Morgan fingerprint density at radius 3 is 2.44 bits per heavy atom. The van der Waals surface area contributed by atoms with Crippen molar-refractivity contribution in [1.29, 1.82) is 0 Å². The van der Waals surface area contributed by atoms with Crippen LogP contribution in [0.15, 0.2) is 59.5 Å². The van der Waals surface area contributed by atoms with Crippen LogP contribution in [-0.2, 0) is 14.3 Å². The van der Waals surface area contributed by atoms with E-state index in [0.29, 0.717) is 22.9 Å². The molecule has 1 aliphatic rings. The molecule has 0 atom stereocenters. The van der Waals surface area contributed by atoms with E-state index in [1.165, 1.54) is 0 Å². The van der Waals surface area contributed by atoms with E-state index < -0.39 is 5.97 Å². The smallest absolute Gasteiger partial charge is 0.344 e. The van der Waals surface area contributed by atoms with Crippen LogP contribution < -0.4 is 9.64 Å². The molecule has 1 heterocycles. The second-order valence-corrected chi connectivity index (χ2v) is 6.51. The topological polar surface area (TPSA) is 72.9 Å². The van der Waals surface area contributed by atoms with Crippen LogP contribution in [0.4, 0.5) is 10.5 Å². The molecule has 2 aromatic carbocycles. The SMILES string of the molecule is CCOC(=O)COc1ccc(/C=C2\SC(=O)N(c3ccccc3)C2=O)cc1. The number of hydrogen-bond acceptors (Lipinski definition) is 6. The summed E-state index contributed by atoms with van der Waals surface area (Å²) >= 11 is 0.901. The summed E-state index contributed by atoms with van der Waals surface area (Å²) in [4.78, 5) is 37.6. The summed E-state index contributed by atoms with van der Waals surface area (Å²) in [5.41, 5.74) is 1.29. The van der Waals surface area contributed by atoms with Crippen LogP contribution in [0.2, 0.25) is 0 Å². The van der Waals surface area contributed by atoms with Crippen LogP contribution in [0, 0.1) is 0 Å². The molecule has 1 fully saturated rings. The van der Waals surface area contributed by atoms with E-state index in [1.54, 1.807) is 61.5 Å². The third-order valence-electron chi connectivity index (χ3n) is 3.65. The second kappa shape index (κ2) is 8.55. The predicted molar refractivity (Wildman–Crippen MR) is 103 cm³/mol. The number of hydrogen-bond donors (Lipinski definition) is 0. The van der Waals surface area contributed by atoms with Crippen molar-refractivity contribution in [3.63, 3.8) is 0 Å². The van der Waals surface area contributed by atoms with E-state index in [2.05, 4.69) is 0 Å². The van der Waals surface area contributed by atoms with Crippen molar-refractivity contribution in [1.82, 2.24) is 0 Å². The monoisotopic (exact) mass is 383 g/mol. The van der Waals surface area contributed by atoms with Crippen molar-refractivity contribution < 1.29 is 23.9 Å². The molecule has 27 heavy (non-hydrogen) atoms. The summed E-state index contributed by atoms with van der Waals surface area (Å²) in [6.45, 7) is 1.87. The first-order valence-electron chi connectivity index (χ1n) is 8.30. The number of imide groups is 1. The zero-order valence-corrected chi connectivity index (χ0v) is 15.4. The van der Waals surface area contributed by atoms with Gasteiger partial charge in [0.25, 0.3) is 11.1 Å². The lowest BCUT2D eigenvalue weighted by Crippen LogP contribution is -2.27. The van der Waals surface area contributed by atoms with Crippen LogP contribution in [0.5, 0.6) is 5.75 Å². The van der Waals surface area contributed by atoms with Crippen molar-refractivity contribution in [3.8, 4) is 5.75 Å². The van der Waals surface area contributed by atoms with Gasteiger partial charge in [0, 0.05) is 0 Å². The Labute approximate surface area is 160 Å². The van der Waals surface area contributed by atoms with E-state index in [-0.39, 0.29) is 17.8 Å². The molecule has 0 bridgehead atoms. The first-order valence-corrected chi connectivity index (χ1v) is 9.11. The maximum absolute atomic E-state index is 12.6. The van der Waals surface area contributed by atoms with Crippen molar-refractivity contribution in [2.24, 2.45) is 0 Å². The van der Waals surface area contributed by atoms with Gasteiger partial charge in [-0.3, -0.25) is 9.59 Å². The average Bonchev–Trinajstić information content (AvgIpc) is 2.95. The molecule has 0 aliphatic carbocycles. The number of carbonyl (C=O) groups is 3. The fourth-order valence-corrected chi connectivity index (χ4v) is 3.27. The van der Waals surface area contributed by atoms with Crippen molar-refractivity contribution in [3.05, 3.63) is 65.1 Å². The number of benzene rings is 2. The Morgan fingerprint density at radius 2 is 1.78 bits per heavy atom. The Hall–Kier alpha value is -3.06. The average molecular weight is 383 g/mol. The van der Waals surface area contributed by atoms with Crippen LogP contribution >= 0.6 is 11.8 Å². The van der Waals surface area contributed by atoms with Crippen molar-refractivity contribution in [2.75, 3.05) is 18.1 Å². The predicted octanol–water partition coefficient (Wildman–Crippen LogP) is 3.87. The molecule has 1 saturated heterocycles. The summed E-state index contributed by atoms with van der Waals surface area (Å²) in [6.07, 6.45) is 1.66. The molecule has 0 radical (unpaired) electrons. The van der Waals surface area contributed by atoms with Crippen molar-refractivity contribution >= 4 is 40.6 Å². The Balaban J connectivity index is 1.69. The first-order chi connectivity index (χ1) is 13.1. The highest BCUT2D eigenvalue weighted by molar-refractivity contribution is 8.19. The standard InChI is InChI=1S/C20H17NO5S/c1-2-25-18(22)13-26-16-10-8-14(9-11-16)12-17-19(23)21(20(24)27-17)15-6-4-3-5-7-15/h3-12H,2,13H2,1H3/b17-12-. The molecule has 7 heteroatoms. The van der Waals surface area contributed by atoms with Crippen LogP contribution in [0.1, 0.15) is 12.5 Å². The summed E-state index contributed by atoms with van der Waals surface area (Å²) in [6, 6.07) is 15.7. The summed E-state index contributed by atoms with van der Waals surface area (Å²) in [5.74, 6) is -0.271. The first kappa shape index (κ1) is 18.7. The largest absolute Gasteiger partial charge is 0.482 e. The normalized spacial score (nSPS) is 15.3. The number of amides is 2. The zero-order valence-electron chi connectivity index (χ0n) is 14.6. The number of nitrogens with zero attached hydrogens (tertiary/aromatic N) is 1. The lowest BCUT2D eigenvalue weighted by Gasteiger charge is -2.11. The van der Waals surface area contributed by atoms with Gasteiger partial charge >= 0.3 is 5.97 Å². The van der Waals surface area contributed by atoms with Gasteiger partial charge in [0.2, 0.25) is 0 Å². The molecule has 3 rings (SSSR count). The van der Waals surface area contributed by atoms with E-state index >= 15 is 0 Å². The molecule has 1 aliphatic heterocycles. The lowest BCUT2D eigenvalue weighted by molar-refractivity contribution is -0.145. The number of esters is 1. The van der Waals surface area contributed by atoms with Crippen molar-refractivity contribution in [2.45, 2.75) is 6.92 Å². The highest BCUT2D eigenvalue weighted by Gasteiger charge is 2.36. The Kier molecular flexibility index (Phi) is 5.93. The molecule has 2 aromatic rings. The molecule has 0 saturated carbocycles. The number of thioether (sulfide) groups is 1. The minimum Gasteiger partial charge on any atom is -0.482 e.